The maximum absolute atomic E-state index is 13.9. The first-order valence-corrected chi connectivity index (χ1v) is 12.9. The molecule has 3 unspecified atom stereocenters. The second kappa shape index (κ2) is 14.4. The number of carbonyl (C=O) groups excluding carboxylic acids is 4. The molecule has 10 heteroatoms. The van der Waals surface area contributed by atoms with E-state index in [0.717, 1.165) is 12.8 Å². The minimum absolute atomic E-state index is 0.0754. The standard InChI is InChI=1S/C27H44N4O6/c1-8-11-18(4)29-24(34)22(19-13-10-12-17(3)23(19)33)31(16-9-2)25(35)20(14-15-21(28)32)30-26(36)37-27(5,6)7/h10,12-13,18,20,22,33H,8-9,11,14-16H2,1-7H3,(H2,28,32)(H,29,34)(H,30,36). The lowest BCUT2D eigenvalue weighted by atomic mass is 9.98. The maximum Gasteiger partial charge on any atom is 0.408 e. The van der Waals surface area contributed by atoms with Crippen LogP contribution in [0.25, 0.3) is 0 Å². The van der Waals surface area contributed by atoms with Crippen molar-refractivity contribution < 1.29 is 29.0 Å². The summed E-state index contributed by atoms with van der Waals surface area (Å²) < 4.78 is 5.32. The monoisotopic (exact) mass is 520 g/mol. The molecule has 1 aromatic carbocycles. The van der Waals surface area contributed by atoms with Gasteiger partial charge < -0.3 is 31.1 Å². The van der Waals surface area contributed by atoms with Crippen LogP contribution in [0.4, 0.5) is 4.79 Å². The van der Waals surface area contributed by atoms with Gasteiger partial charge in [-0.3, -0.25) is 14.4 Å². The minimum atomic E-state index is -1.18. The summed E-state index contributed by atoms with van der Waals surface area (Å²) in [6.45, 7) is 12.7. The SMILES string of the molecule is CCCC(C)NC(=O)C(c1cccc(C)c1O)N(CCC)C(=O)C(CCC(N)=O)NC(=O)OC(C)(C)C. The molecule has 0 bridgehead atoms. The second-order valence-electron chi connectivity index (χ2n) is 10.3. The van der Waals surface area contributed by atoms with Crippen molar-refractivity contribution in [3.05, 3.63) is 29.3 Å². The highest BCUT2D eigenvalue weighted by atomic mass is 16.6. The zero-order valence-corrected chi connectivity index (χ0v) is 23.2. The van der Waals surface area contributed by atoms with Gasteiger partial charge in [0.05, 0.1) is 0 Å². The zero-order valence-electron chi connectivity index (χ0n) is 23.2. The number of alkyl carbamates (subject to hydrolysis) is 1. The molecule has 0 heterocycles. The smallest absolute Gasteiger partial charge is 0.408 e. The quantitative estimate of drug-likeness (QED) is 0.313. The van der Waals surface area contributed by atoms with Crippen LogP contribution in [0.3, 0.4) is 0 Å². The summed E-state index contributed by atoms with van der Waals surface area (Å²) in [5, 5.41) is 16.4. The van der Waals surface area contributed by atoms with Gasteiger partial charge in [0, 0.05) is 24.6 Å². The molecule has 1 rings (SSSR count). The first-order chi connectivity index (χ1) is 17.2. The first kappa shape index (κ1) is 31.7. The molecule has 0 aromatic heterocycles. The average molecular weight is 521 g/mol. The van der Waals surface area contributed by atoms with E-state index in [-0.39, 0.29) is 36.7 Å². The van der Waals surface area contributed by atoms with Crippen LogP contribution in [-0.2, 0) is 19.1 Å². The van der Waals surface area contributed by atoms with Crippen molar-refractivity contribution in [2.24, 2.45) is 5.73 Å². The van der Waals surface area contributed by atoms with Gasteiger partial charge in [0.25, 0.3) is 0 Å². The molecule has 0 aliphatic rings. The Morgan fingerprint density at radius 1 is 1.08 bits per heavy atom. The van der Waals surface area contributed by atoms with Crippen molar-refractivity contribution in [2.75, 3.05) is 6.54 Å². The Labute approximate surface area is 220 Å². The van der Waals surface area contributed by atoms with E-state index in [2.05, 4.69) is 10.6 Å². The van der Waals surface area contributed by atoms with Crippen molar-refractivity contribution in [1.82, 2.24) is 15.5 Å². The number of hydrogen-bond acceptors (Lipinski definition) is 6. The van der Waals surface area contributed by atoms with Crippen LogP contribution in [0.2, 0.25) is 0 Å². The summed E-state index contributed by atoms with van der Waals surface area (Å²) in [7, 11) is 0. The molecule has 0 radical (unpaired) electrons. The molecule has 37 heavy (non-hydrogen) atoms. The summed E-state index contributed by atoms with van der Waals surface area (Å²) in [6, 6.07) is 2.52. The lowest BCUT2D eigenvalue weighted by Crippen LogP contribution is -2.54. The number of nitrogens with one attached hydrogen (secondary N) is 2. The Hall–Kier alpha value is -3.30. The molecule has 0 saturated heterocycles. The van der Waals surface area contributed by atoms with Crippen LogP contribution in [0.15, 0.2) is 18.2 Å². The highest BCUT2D eigenvalue weighted by Crippen LogP contribution is 2.32. The van der Waals surface area contributed by atoms with E-state index >= 15 is 0 Å². The van der Waals surface area contributed by atoms with Crippen molar-refractivity contribution >= 4 is 23.8 Å². The molecule has 0 aliphatic heterocycles. The Morgan fingerprint density at radius 3 is 2.27 bits per heavy atom. The van der Waals surface area contributed by atoms with E-state index in [1.54, 1.807) is 45.9 Å². The van der Waals surface area contributed by atoms with Gasteiger partial charge in [-0.2, -0.15) is 0 Å². The topological polar surface area (TPSA) is 151 Å². The van der Waals surface area contributed by atoms with Crippen molar-refractivity contribution in [2.45, 2.75) is 104 Å². The van der Waals surface area contributed by atoms with Gasteiger partial charge in [-0.05, 0) is 59.4 Å². The molecule has 208 valence electrons. The number of ether oxygens (including phenoxy) is 1. The van der Waals surface area contributed by atoms with E-state index in [9.17, 15) is 24.3 Å². The van der Waals surface area contributed by atoms with E-state index in [4.69, 9.17) is 10.5 Å². The molecule has 5 N–H and O–H groups in total. The molecule has 0 aliphatic carbocycles. The molecule has 0 spiro atoms. The third-order valence-electron chi connectivity index (χ3n) is 5.65. The van der Waals surface area contributed by atoms with E-state index in [1.165, 1.54) is 4.90 Å². The molecule has 0 saturated carbocycles. The second-order valence-corrected chi connectivity index (χ2v) is 10.3. The van der Waals surface area contributed by atoms with Gasteiger partial charge in [0.1, 0.15) is 23.4 Å². The van der Waals surface area contributed by atoms with Gasteiger partial charge in [-0.15, -0.1) is 0 Å². The Balaban J connectivity index is 3.53. The third-order valence-corrected chi connectivity index (χ3v) is 5.65. The predicted octanol–water partition coefficient (Wildman–Crippen LogP) is 3.44. The Bertz CT molecular complexity index is 943. The van der Waals surface area contributed by atoms with Crippen molar-refractivity contribution in [3.8, 4) is 5.75 Å². The lowest BCUT2D eigenvalue weighted by molar-refractivity contribution is -0.143. The summed E-state index contributed by atoms with van der Waals surface area (Å²) >= 11 is 0. The van der Waals surface area contributed by atoms with E-state index in [1.807, 2.05) is 20.8 Å². The van der Waals surface area contributed by atoms with Crippen molar-refractivity contribution in [1.29, 1.82) is 0 Å². The summed E-state index contributed by atoms with van der Waals surface area (Å²) in [5.41, 5.74) is 5.34. The van der Waals surface area contributed by atoms with E-state index < -0.39 is 41.5 Å². The molecule has 0 fully saturated rings. The number of nitrogens with zero attached hydrogens (tertiary/aromatic N) is 1. The molecule has 1 aromatic rings. The molecule has 10 nitrogen and oxygen atoms in total. The highest BCUT2D eigenvalue weighted by Gasteiger charge is 2.37. The predicted molar refractivity (Wildman–Crippen MR) is 142 cm³/mol. The van der Waals surface area contributed by atoms with E-state index in [0.29, 0.717) is 12.0 Å². The zero-order chi connectivity index (χ0) is 28.3. The lowest BCUT2D eigenvalue weighted by Gasteiger charge is -2.35. The molecule has 3 atom stereocenters. The van der Waals surface area contributed by atoms with Gasteiger partial charge in [-0.25, -0.2) is 4.79 Å². The van der Waals surface area contributed by atoms with Crippen LogP contribution in [0, 0.1) is 6.92 Å². The summed E-state index contributed by atoms with van der Waals surface area (Å²) in [5.74, 6) is -1.76. The summed E-state index contributed by atoms with van der Waals surface area (Å²) in [4.78, 5) is 52.9. The van der Waals surface area contributed by atoms with Gasteiger partial charge in [0.2, 0.25) is 17.7 Å². The first-order valence-electron chi connectivity index (χ1n) is 12.9. The van der Waals surface area contributed by atoms with Crippen LogP contribution in [-0.4, -0.2) is 58.1 Å². The number of carbonyl (C=O) groups is 4. The normalized spacial score (nSPS) is 13.7. The fraction of sp³-hybridized carbons (Fsp3) is 0.630. The molecular weight excluding hydrogens is 476 g/mol. The number of benzene rings is 1. The number of aromatic hydroxyl groups is 1. The van der Waals surface area contributed by atoms with Gasteiger partial charge in [-0.1, -0.05) is 38.5 Å². The van der Waals surface area contributed by atoms with Crippen LogP contribution in [0.1, 0.15) is 90.8 Å². The number of amides is 4. The maximum atomic E-state index is 13.9. The van der Waals surface area contributed by atoms with Gasteiger partial charge >= 0.3 is 6.09 Å². The number of nitrogens with two attached hydrogens (primary N) is 1. The number of hydrogen-bond donors (Lipinski definition) is 4. The summed E-state index contributed by atoms with van der Waals surface area (Å²) in [6.07, 6.45) is 1.03. The van der Waals surface area contributed by atoms with Crippen LogP contribution in [0.5, 0.6) is 5.75 Å². The third kappa shape index (κ3) is 10.3. The Kier molecular flexibility index (Phi) is 12.4. The molecular formula is C27H44N4O6. The number of phenols is 1. The number of phenolic OH excluding ortho intramolecular Hbond substituents is 1. The number of aryl methyl sites for hydroxylation is 1. The van der Waals surface area contributed by atoms with Crippen LogP contribution >= 0.6 is 0 Å². The Morgan fingerprint density at radius 2 is 1.73 bits per heavy atom. The largest absolute Gasteiger partial charge is 0.507 e. The fourth-order valence-electron chi connectivity index (χ4n) is 3.98. The fourth-order valence-corrected chi connectivity index (χ4v) is 3.98. The average Bonchev–Trinajstić information content (AvgIpc) is 2.77. The molecule has 4 amide bonds. The minimum Gasteiger partial charge on any atom is -0.507 e. The van der Waals surface area contributed by atoms with Gasteiger partial charge in [0.15, 0.2) is 0 Å². The number of primary amides is 1. The highest BCUT2D eigenvalue weighted by molar-refractivity contribution is 5.93. The van der Waals surface area contributed by atoms with Crippen molar-refractivity contribution in [3.63, 3.8) is 0 Å². The van der Waals surface area contributed by atoms with Crippen LogP contribution < -0.4 is 16.4 Å². The number of rotatable bonds is 13. The number of para-hydroxylation sites is 1.